The van der Waals surface area contributed by atoms with Gasteiger partial charge in [-0.3, -0.25) is 4.72 Å². The predicted octanol–water partition coefficient (Wildman–Crippen LogP) is 1.12. The number of hydrogen-bond donors (Lipinski definition) is 2. The van der Waals surface area contributed by atoms with Crippen LogP contribution < -0.4 is 10.0 Å². The molecule has 0 aliphatic carbocycles. The first-order valence-electron chi connectivity index (χ1n) is 6.61. The zero-order chi connectivity index (χ0) is 13.9. The smallest absolute Gasteiger partial charge is 0.301 e. The molecule has 0 radical (unpaired) electrons. The number of rotatable bonds is 4. The second-order valence-electron chi connectivity index (χ2n) is 4.72. The molecule has 0 unspecified atom stereocenters. The van der Waals surface area contributed by atoms with E-state index in [0.29, 0.717) is 26.2 Å². The van der Waals surface area contributed by atoms with Crippen LogP contribution in [0.4, 0.5) is 5.69 Å². The summed E-state index contributed by atoms with van der Waals surface area (Å²) in [6.45, 7) is 6.39. The second-order valence-corrected chi connectivity index (χ2v) is 6.39. The van der Waals surface area contributed by atoms with E-state index in [4.69, 9.17) is 0 Å². The number of aryl methyl sites for hydroxylation is 2. The lowest BCUT2D eigenvalue weighted by atomic mass is 10.1. The first kappa shape index (κ1) is 14.3. The Balaban J connectivity index is 2.24. The van der Waals surface area contributed by atoms with Crippen LogP contribution >= 0.6 is 0 Å². The van der Waals surface area contributed by atoms with Gasteiger partial charge >= 0.3 is 10.2 Å². The topological polar surface area (TPSA) is 61.4 Å². The van der Waals surface area contributed by atoms with Crippen LogP contribution in [0.1, 0.15) is 18.1 Å². The summed E-state index contributed by atoms with van der Waals surface area (Å²) in [7, 11) is -3.45. The fourth-order valence-corrected chi connectivity index (χ4v) is 3.59. The molecule has 2 N–H and O–H groups in total. The van der Waals surface area contributed by atoms with E-state index in [1.165, 1.54) is 4.31 Å². The van der Waals surface area contributed by atoms with Gasteiger partial charge in [-0.15, -0.1) is 0 Å². The fourth-order valence-electron chi connectivity index (χ4n) is 2.25. The lowest BCUT2D eigenvalue weighted by molar-refractivity contribution is 0.362. The van der Waals surface area contributed by atoms with Crippen LogP contribution in [0.3, 0.4) is 0 Å². The lowest BCUT2D eigenvalue weighted by Crippen LogP contribution is -2.48. The summed E-state index contributed by atoms with van der Waals surface area (Å²) in [5, 5.41) is 3.15. The SMILES string of the molecule is CCc1cccc(C)c1NS(=O)(=O)N1CCNCC1. The van der Waals surface area contributed by atoms with Crippen molar-refractivity contribution in [1.82, 2.24) is 9.62 Å². The zero-order valence-electron chi connectivity index (χ0n) is 11.4. The molecule has 1 saturated heterocycles. The summed E-state index contributed by atoms with van der Waals surface area (Å²) in [5.74, 6) is 0. The van der Waals surface area contributed by atoms with Gasteiger partial charge in [-0.1, -0.05) is 25.1 Å². The molecule has 106 valence electrons. The van der Waals surface area contributed by atoms with Crippen molar-refractivity contribution in [1.29, 1.82) is 0 Å². The summed E-state index contributed by atoms with van der Waals surface area (Å²) >= 11 is 0. The highest BCUT2D eigenvalue weighted by molar-refractivity contribution is 7.90. The molecule has 2 rings (SSSR count). The molecule has 0 amide bonds. The molecule has 0 atom stereocenters. The van der Waals surface area contributed by atoms with Crippen LogP contribution in [0.15, 0.2) is 18.2 Å². The van der Waals surface area contributed by atoms with Crippen molar-refractivity contribution in [2.75, 3.05) is 30.9 Å². The van der Waals surface area contributed by atoms with Crippen LogP contribution in [0, 0.1) is 6.92 Å². The maximum Gasteiger partial charge on any atom is 0.301 e. The van der Waals surface area contributed by atoms with Crippen molar-refractivity contribution in [2.45, 2.75) is 20.3 Å². The number of piperazine rings is 1. The summed E-state index contributed by atoms with van der Waals surface area (Å²) in [6, 6.07) is 5.84. The molecule has 1 heterocycles. The van der Waals surface area contributed by atoms with Crippen molar-refractivity contribution < 1.29 is 8.42 Å². The Morgan fingerprint density at radius 3 is 2.63 bits per heavy atom. The van der Waals surface area contributed by atoms with Crippen LogP contribution in [0.25, 0.3) is 0 Å². The van der Waals surface area contributed by atoms with E-state index in [-0.39, 0.29) is 0 Å². The Kier molecular flexibility index (Phi) is 4.44. The fraction of sp³-hybridized carbons (Fsp3) is 0.538. The third-order valence-electron chi connectivity index (χ3n) is 3.39. The zero-order valence-corrected chi connectivity index (χ0v) is 12.3. The van der Waals surface area contributed by atoms with Gasteiger partial charge in [0.1, 0.15) is 0 Å². The van der Waals surface area contributed by atoms with Gasteiger partial charge in [0, 0.05) is 26.2 Å². The van der Waals surface area contributed by atoms with Crippen molar-refractivity contribution in [3.63, 3.8) is 0 Å². The van der Waals surface area contributed by atoms with Gasteiger partial charge in [0.15, 0.2) is 0 Å². The van der Waals surface area contributed by atoms with Crippen molar-refractivity contribution in [3.8, 4) is 0 Å². The Labute approximate surface area is 115 Å². The summed E-state index contributed by atoms with van der Waals surface area (Å²) in [6.07, 6.45) is 0.807. The molecule has 1 aromatic rings. The minimum atomic E-state index is -3.45. The molecule has 0 spiro atoms. The summed E-state index contributed by atoms with van der Waals surface area (Å²) in [5.41, 5.74) is 2.71. The van der Waals surface area contributed by atoms with Gasteiger partial charge in [0.25, 0.3) is 0 Å². The minimum Gasteiger partial charge on any atom is -0.314 e. The average Bonchev–Trinajstić information content (AvgIpc) is 2.42. The highest BCUT2D eigenvalue weighted by atomic mass is 32.2. The molecule has 1 aliphatic rings. The monoisotopic (exact) mass is 283 g/mol. The van der Waals surface area contributed by atoms with Crippen molar-refractivity contribution in [2.24, 2.45) is 0 Å². The average molecular weight is 283 g/mol. The van der Waals surface area contributed by atoms with Gasteiger partial charge in [0.2, 0.25) is 0 Å². The van der Waals surface area contributed by atoms with Crippen molar-refractivity contribution >= 4 is 15.9 Å². The van der Waals surface area contributed by atoms with E-state index in [1.807, 2.05) is 32.0 Å². The van der Waals surface area contributed by atoms with Crippen LogP contribution in [0.2, 0.25) is 0 Å². The Morgan fingerprint density at radius 2 is 2.00 bits per heavy atom. The Morgan fingerprint density at radius 1 is 1.32 bits per heavy atom. The Bertz CT molecular complexity index is 537. The molecule has 0 saturated carbocycles. The predicted molar refractivity (Wildman–Crippen MR) is 77.5 cm³/mol. The van der Waals surface area contributed by atoms with E-state index in [0.717, 1.165) is 23.2 Å². The third kappa shape index (κ3) is 3.26. The number of nitrogens with one attached hydrogen (secondary N) is 2. The molecular formula is C13H21N3O2S. The van der Waals surface area contributed by atoms with E-state index in [2.05, 4.69) is 10.0 Å². The maximum atomic E-state index is 12.4. The second kappa shape index (κ2) is 5.90. The van der Waals surface area contributed by atoms with Gasteiger partial charge in [-0.2, -0.15) is 12.7 Å². The molecular weight excluding hydrogens is 262 g/mol. The lowest BCUT2D eigenvalue weighted by Gasteiger charge is -2.27. The van der Waals surface area contributed by atoms with E-state index < -0.39 is 10.2 Å². The number of nitrogens with zero attached hydrogens (tertiary/aromatic N) is 1. The quantitative estimate of drug-likeness (QED) is 0.870. The normalized spacial score (nSPS) is 17.4. The van der Waals surface area contributed by atoms with Gasteiger partial charge in [-0.25, -0.2) is 0 Å². The van der Waals surface area contributed by atoms with Crippen LogP contribution in [-0.4, -0.2) is 38.9 Å². The molecule has 1 fully saturated rings. The van der Waals surface area contributed by atoms with E-state index in [9.17, 15) is 8.42 Å². The minimum absolute atomic E-state index is 0.517. The molecule has 19 heavy (non-hydrogen) atoms. The van der Waals surface area contributed by atoms with Gasteiger partial charge < -0.3 is 5.32 Å². The summed E-state index contributed by atoms with van der Waals surface area (Å²) < 4.78 is 29.0. The molecule has 1 aromatic carbocycles. The highest BCUT2D eigenvalue weighted by Gasteiger charge is 2.24. The number of anilines is 1. The molecule has 0 bridgehead atoms. The van der Waals surface area contributed by atoms with E-state index >= 15 is 0 Å². The largest absolute Gasteiger partial charge is 0.314 e. The van der Waals surface area contributed by atoms with Crippen LogP contribution in [-0.2, 0) is 16.6 Å². The molecule has 5 nitrogen and oxygen atoms in total. The Hall–Kier alpha value is -1.11. The first-order chi connectivity index (χ1) is 9.04. The highest BCUT2D eigenvalue weighted by Crippen LogP contribution is 2.23. The van der Waals surface area contributed by atoms with Gasteiger partial charge in [-0.05, 0) is 24.5 Å². The number of para-hydroxylation sites is 1. The third-order valence-corrected chi connectivity index (χ3v) is 4.89. The first-order valence-corrected chi connectivity index (χ1v) is 8.05. The summed E-state index contributed by atoms with van der Waals surface area (Å²) in [4.78, 5) is 0. The number of benzene rings is 1. The molecule has 1 aliphatic heterocycles. The standard InChI is InChI=1S/C13H21N3O2S/c1-3-12-6-4-5-11(2)13(12)15-19(17,18)16-9-7-14-8-10-16/h4-6,14-15H,3,7-10H2,1-2H3. The van der Waals surface area contributed by atoms with Crippen molar-refractivity contribution in [3.05, 3.63) is 29.3 Å². The maximum absolute atomic E-state index is 12.4. The van der Waals surface area contributed by atoms with Crippen LogP contribution in [0.5, 0.6) is 0 Å². The number of hydrogen-bond acceptors (Lipinski definition) is 3. The molecule has 0 aromatic heterocycles. The van der Waals surface area contributed by atoms with E-state index in [1.54, 1.807) is 0 Å². The van der Waals surface area contributed by atoms with Gasteiger partial charge in [0.05, 0.1) is 5.69 Å². The molecule has 6 heteroatoms.